The van der Waals surface area contributed by atoms with Crippen LogP contribution in [0.1, 0.15) is 89.0 Å². The van der Waals surface area contributed by atoms with Crippen molar-refractivity contribution >= 4 is 17.9 Å². The molecule has 7 heteroatoms. The van der Waals surface area contributed by atoms with Gasteiger partial charge in [0.25, 0.3) is 0 Å². The minimum Gasteiger partial charge on any atom is -0.444 e. The molecule has 3 rings (SSSR count). The van der Waals surface area contributed by atoms with Crippen molar-refractivity contribution in [2.45, 2.75) is 96.4 Å². The topological polar surface area (TPSA) is 87.7 Å². The van der Waals surface area contributed by atoms with Crippen molar-refractivity contribution in [1.82, 2.24) is 15.5 Å². The number of carbonyl (C=O) groups excluding carboxylic acids is 3. The van der Waals surface area contributed by atoms with Gasteiger partial charge in [0.1, 0.15) is 17.7 Å². The van der Waals surface area contributed by atoms with E-state index < -0.39 is 23.8 Å². The van der Waals surface area contributed by atoms with Crippen LogP contribution in [0, 0.1) is 12.3 Å². The third kappa shape index (κ3) is 9.15. The van der Waals surface area contributed by atoms with E-state index in [1.807, 2.05) is 49.4 Å². The molecule has 40 heavy (non-hydrogen) atoms. The molecule has 3 amide bonds. The van der Waals surface area contributed by atoms with E-state index in [9.17, 15) is 14.4 Å². The lowest BCUT2D eigenvalue weighted by molar-refractivity contribution is -0.142. The number of rotatable bonds is 10. The average Bonchev–Trinajstić information content (AvgIpc) is 2.92. The van der Waals surface area contributed by atoms with E-state index in [0.717, 1.165) is 31.2 Å². The average molecular weight is 546 g/mol. The monoisotopic (exact) mass is 545 g/mol. The van der Waals surface area contributed by atoms with Crippen LogP contribution in [-0.2, 0) is 20.7 Å². The largest absolute Gasteiger partial charge is 0.444 e. The summed E-state index contributed by atoms with van der Waals surface area (Å²) in [5.41, 5.74) is 1.52. The molecule has 1 aliphatic carbocycles. The summed E-state index contributed by atoms with van der Waals surface area (Å²) in [5, 5.41) is 6.01. The molecule has 7 nitrogen and oxygen atoms in total. The second kappa shape index (κ2) is 14.6. The molecule has 2 aromatic carbocycles. The molecule has 0 saturated heterocycles. The molecule has 0 radical (unpaired) electrons. The lowest BCUT2D eigenvalue weighted by atomic mass is 9.94. The highest BCUT2D eigenvalue weighted by Crippen LogP contribution is 2.26. The molecular formula is C33H43N3O4. The van der Waals surface area contributed by atoms with Gasteiger partial charge in [0.15, 0.2) is 0 Å². The lowest BCUT2D eigenvalue weighted by Gasteiger charge is -2.35. The summed E-state index contributed by atoms with van der Waals surface area (Å²) in [7, 11) is 0. The Hall–Kier alpha value is -3.79. The number of benzene rings is 2. The molecule has 2 N–H and O–H groups in total. The molecule has 1 saturated carbocycles. The summed E-state index contributed by atoms with van der Waals surface area (Å²) in [4.78, 5) is 42.7. The fraction of sp³-hybridized carbons (Fsp3) is 0.485. The lowest BCUT2D eigenvalue weighted by Crippen LogP contribution is -2.54. The third-order valence-corrected chi connectivity index (χ3v) is 6.92. The van der Waals surface area contributed by atoms with Gasteiger partial charge < -0.3 is 20.3 Å². The third-order valence-electron chi connectivity index (χ3n) is 6.92. The first-order valence-electron chi connectivity index (χ1n) is 14.3. The Balaban J connectivity index is 1.98. The number of nitrogens with zero attached hydrogens (tertiary/aromatic N) is 1. The SMILES string of the molecule is C#Cc1ccc(C(C(=O)NC2CCCCC2)N(CCC)C(=O)C(Cc2ccccc2)NC(=O)OC(C)(C)C)cc1. The van der Waals surface area contributed by atoms with E-state index in [1.54, 1.807) is 37.8 Å². The van der Waals surface area contributed by atoms with Crippen LogP contribution in [0.5, 0.6) is 0 Å². The number of hydrogen-bond donors (Lipinski definition) is 2. The molecule has 2 unspecified atom stereocenters. The van der Waals surface area contributed by atoms with Gasteiger partial charge in [-0.15, -0.1) is 6.42 Å². The molecule has 2 aromatic rings. The molecule has 1 fully saturated rings. The van der Waals surface area contributed by atoms with Crippen LogP contribution in [0.2, 0.25) is 0 Å². The molecule has 0 aromatic heterocycles. The molecule has 0 heterocycles. The Morgan fingerprint density at radius 2 is 1.68 bits per heavy atom. The van der Waals surface area contributed by atoms with Gasteiger partial charge in [-0.3, -0.25) is 9.59 Å². The Morgan fingerprint density at radius 3 is 2.25 bits per heavy atom. The van der Waals surface area contributed by atoms with Gasteiger partial charge >= 0.3 is 6.09 Å². The van der Waals surface area contributed by atoms with Crippen LogP contribution in [0.4, 0.5) is 4.79 Å². The number of terminal acetylenes is 1. The fourth-order valence-electron chi connectivity index (χ4n) is 5.07. The molecular weight excluding hydrogens is 502 g/mol. The fourth-order valence-corrected chi connectivity index (χ4v) is 5.07. The van der Waals surface area contributed by atoms with Crippen LogP contribution in [-0.4, -0.2) is 47.0 Å². The zero-order valence-corrected chi connectivity index (χ0v) is 24.2. The molecule has 0 bridgehead atoms. The zero-order chi connectivity index (χ0) is 29.1. The van der Waals surface area contributed by atoms with E-state index in [2.05, 4.69) is 16.6 Å². The van der Waals surface area contributed by atoms with Gasteiger partial charge in [0.2, 0.25) is 11.8 Å². The Bertz CT molecular complexity index is 1160. The maximum absolute atomic E-state index is 14.3. The van der Waals surface area contributed by atoms with E-state index in [-0.39, 0.29) is 24.3 Å². The first kappa shape index (κ1) is 30.7. The maximum atomic E-state index is 14.3. The van der Waals surface area contributed by atoms with Gasteiger partial charge in [-0.25, -0.2) is 4.79 Å². The number of carbonyl (C=O) groups is 3. The molecule has 1 aliphatic rings. The quantitative estimate of drug-likeness (QED) is 0.384. The molecule has 0 spiro atoms. The van der Waals surface area contributed by atoms with Crippen molar-refractivity contribution < 1.29 is 19.1 Å². The van der Waals surface area contributed by atoms with Gasteiger partial charge in [-0.05, 0) is 63.3 Å². The summed E-state index contributed by atoms with van der Waals surface area (Å²) >= 11 is 0. The van der Waals surface area contributed by atoms with Crippen molar-refractivity contribution in [1.29, 1.82) is 0 Å². The van der Waals surface area contributed by atoms with Crippen molar-refractivity contribution in [3.05, 3.63) is 71.3 Å². The van der Waals surface area contributed by atoms with E-state index in [0.29, 0.717) is 24.1 Å². The number of amides is 3. The van der Waals surface area contributed by atoms with Crippen molar-refractivity contribution in [2.75, 3.05) is 6.54 Å². The van der Waals surface area contributed by atoms with Crippen molar-refractivity contribution in [2.24, 2.45) is 0 Å². The van der Waals surface area contributed by atoms with Crippen LogP contribution in [0.3, 0.4) is 0 Å². The van der Waals surface area contributed by atoms with Crippen LogP contribution < -0.4 is 10.6 Å². The molecule has 2 atom stereocenters. The summed E-state index contributed by atoms with van der Waals surface area (Å²) < 4.78 is 5.50. The normalized spacial score (nSPS) is 15.3. The van der Waals surface area contributed by atoms with Gasteiger partial charge in [-0.2, -0.15) is 0 Å². The summed E-state index contributed by atoms with van der Waals surface area (Å²) in [5.74, 6) is 2.04. The maximum Gasteiger partial charge on any atom is 0.408 e. The standard InChI is InChI=1S/C33H43N3O4/c1-6-22-36(31(38)28(23-25-14-10-8-11-15-25)35-32(39)40-33(3,4)5)29(26-20-18-24(7-2)19-21-26)30(37)34-27-16-12-9-13-17-27/h2,8,10-11,14-15,18-21,27-29H,6,9,12-13,16-17,22-23H2,1,3-5H3,(H,34,37)(H,35,39). The predicted octanol–water partition coefficient (Wildman–Crippen LogP) is 5.53. The van der Waals surface area contributed by atoms with Crippen LogP contribution in [0.15, 0.2) is 54.6 Å². The van der Waals surface area contributed by atoms with Crippen LogP contribution in [0.25, 0.3) is 0 Å². The van der Waals surface area contributed by atoms with E-state index in [4.69, 9.17) is 11.2 Å². The van der Waals surface area contributed by atoms with E-state index in [1.165, 1.54) is 6.42 Å². The Morgan fingerprint density at radius 1 is 1.02 bits per heavy atom. The number of nitrogens with one attached hydrogen (secondary N) is 2. The van der Waals surface area contributed by atoms with E-state index >= 15 is 0 Å². The van der Waals surface area contributed by atoms with Gasteiger partial charge in [0.05, 0.1) is 0 Å². The number of alkyl carbamates (subject to hydrolysis) is 1. The highest BCUT2D eigenvalue weighted by Gasteiger charge is 2.36. The van der Waals surface area contributed by atoms with Gasteiger partial charge in [-0.1, -0.05) is 74.6 Å². The summed E-state index contributed by atoms with van der Waals surface area (Å²) in [6.07, 6.45) is 10.9. The highest BCUT2D eigenvalue weighted by atomic mass is 16.6. The second-order valence-corrected chi connectivity index (χ2v) is 11.4. The minimum absolute atomic E-state index is 0.0762. The first-order valence-corrected chi connectivity index (χ1v) is 14.3. The predicted molar refractivity (Wildman–Crippen MR) is 157 cm³/mol. The van der Waals surface area contributed by atoms with Gasteiger partial charge in [0, 0.05) is 24.6 Å². The molecule has 0 aliphatic heterocycles. The second-order valence-electron chi connectivity index (χ2n) is 11.4. The Kier molecular flexibility index (Phi) is 11.2. The summed E-state index contributed by atoms with van der Waals surface area (Å²) in [6.45, 7) is 7.62. The summed E-state index contributed by atoms with van der Waals surface area (Å²) in [6, 6.07) is 15.0. The smallest absolute Gasteiger partial charge is 0.408 e. The minimum atomic E-state index is -0.932. The number of hydrogen-bond acceptors (Lipinski definition) is 4. The highest BCUT2D eigenvalue weighted by molar-refractivity contribution is 5.92. The molecule has 214 valence electrons. The zero-order valence-electron chi connectivity index (χ0n) is 24.2. The first-order chi connectivity index (χ1) is 19.1. The number of ether oxygens (including phenoxy) is 1. The van der Waals surface area contributed by atoms with Crippen molar-refractivity contribution in [3.63, 3.8) is 0 Å². The Labute approximate surface area is 239 Å². The van der Waals surface area contributed by atoms with Crippen molar-refractivity contribution in [3.8, 4) is 12.3 Å². The van der Waals surface area contributed by atoms with Crippen LogP contribution >= 0.6 is 0 Å².